The molecule has 0 heterocycles. The Balaban J connectivity index is 3.14. The van der Waals surface area contributed by atoms with Crippen molar-refractivity contribution in [3.63, 3.8) is 0 Å². The van der Waals surface area contributed by atoms with Crippen molar-refractivity contribution in [1.82, 2.24) is 0 Å². The van der Waals surface area contributed by atoms with Gasteiger partial charge in [0, 0.05) is 0 Å². The molecule has 0 aliphatic heterocycles. The fraction of sp³-hybridized carbons (Fsp3) is 1.00. The van der Waals surface area contributed by atoms with Crippen molar-refractivity contribution in [2.24, 2.45) is 5.90 Å². The topological polar surface area (TPSA) is 75.7 Å². The molecule has 4 N–H and O–H groups in total. The Morgan fingerprint density at radius 2 is 2.00 bits per heavy atom. The van der Waals surface area contributed by atoms with Crippen LogP contribution >= 0.6 is 0 Å². The maximum Gasteiger partial charge on any atom is 0.200 e. The molecule has 0 amide bonds. The summed E-state index contributed by atoms with van der Waals surface area (Å²) in [6.45, 7) is 1.37. The van der Waals surface area contributed by atoms with E-state index in [9.17, 15) is 0 Å². The summed E-state index contributed by atoms with van der Waals surface area (Å²) in [7, 11) is 0. The van der Waals surface area contributed by atoms with E-state index < -0.39 is 12.4 Å². The van der Waals surface area contributed by atoms with Gasteiger partial charge in [0.2, 0.25) is 0 Å². The molecule has 0 aliphatic rings. The van der Waals surface area contributed by atoms with Crippen molar-refractivity contribution in [3.8, 4) is 0 Å². The summed E-state index contributed by atoms with van der Waals surface area (Å²) in [4.78, 5) is 3.82. The molecule has 4 nitrogen and oxygen atoms in total. The highest BCUT2D eigenvalue weighted by atomic mass is 16.7. The minimum Gasteiger partial charge on any atom is -0.388 e. The molecular formula is C3H9NO3. The lowest BCUT2D eigenvalue weighted by Crippen LogP contribution is -2.28. The van der Waals surface area contributed by atoms with Gasteiger partial charge in [0.05, 0.1) is 0 Å². The smallest absolute Gasteiger partial charge is 0.200 e. The normalized spacial score (nSPS) is 18.9. The zero-order valence-corrected chi connectivity index (χ0v) is 4.03. The molecule has 2 unspecified atom stereocenters. The van der Waals surface area contributed by atoms with Crippen LogP contribution in [0.25, 0.3) is 0 Å². The van der Waals surface area contributed by atoms with Crippen LogP contribution in [0.4, 0.5) is 0 Å². The molecule has 0 aromatic rings. The van der Waals surface area contributed by atoms with Crippen molar-refractivity contribution in [3.05, 3.63) is 0 Å². The van der Waals surface area contributed by atoms with Crippen molar-refractivity contribution in [1.29, 1.82) is 0 Å². The van der Waals surface area contributed by atoms with Crippen LogP contribution in [-0.4, -0.2) is 22.6 Å². The highest BCUT2D eigenvalue weighted by Crippen LogP contribution is 1.87. The van der Waals surface area contributed by atoms with Gasteiger partial charge in [0.15, 0.2) is 6.29 Å². The number of hydrogen-bond acceptors (Lipinski definition) is 4. The van der Waals surface area contributed by atoms with Crippen LogP contribution in [0, 0.1) is 0 Å². The number of aliphatic hydroxyl groups is 2. The van der Waals surface area contributed by atoms with Gasteiger partial charge in [-0.15, -0.1) is 0 Å². The summed E-state index contributed by atoms with van der Waals surface area (Å²) in [6.07, 6.45) is -2.19. The van der Waals surface area contributed by atoms with Gasteiger partial charge in [-0.05, 0) is 6.92 Å². The molecule has 0 aromatic heterocycles. The lowest BCUT2D eigenvalue weighted by molar-refractivity contribution is -0.158. The van der Waals surface area contributed by atoms with E-state index in [0.29, 0.717) is 0 Å². The third kappa shape index (κ3) is 2.52. The fourth-order valence-corrected chi connectivity index (χ4v) is 0.114. The van der Waals surface area contributed by atoms with E-state index in [1.165, 1.54) is 6.92 Å². The SMILES string of the molecule is CC(O)C(O)ON. The molecule has 4 heteroatoms. The summed E-state index contributed by atoms with van der Waals surface area (Å²) in [5.41, 5.74) is 0. The van der Waals surface area contributed by atoms with Crippen LogP contribution in [0.2, 0.25) is 0 Å². The summed E-state index contributed by atoms with van der Waals surface area (Å²) < 4.78 is 0. The molecule has 0 fully saturated rings. The van der Waals surface area contributed by atoms with Gasteiger partial charge < -0.3 is 10.2 Å². The van der Waals surface area contributed by atoms with Crippen LogP contribution in [0.5, 0.6) is 0 Å². The van der Waals surface area contributed by atoms with Crippen molar-refractivity contribution in [2.75, 3.05) is 0 Å². The highest BCUT2D eigenvalue weighted by molar-refractivity contribution is 4.44. The van der Waals surface area contributed by atoms with Crippen LogP contribution < -0.4 is 5.90 Å². The van der Waals surface area contributed by atoms with E-state index >= 15 is 0 Å². The summed E-state index contributed by atoms with van der Waals surface area (Å²) in [6, 6.07) is 0. The second kappa shape index (κ2) is 2.92. The number of hydrogen-bond donors (Lipinski definition) is 3. The van der Waals surface area contributed by atoms with Crippen LogP contribution in [0.1, 0.15) is 6.92 Å². The van der Waals surface area contributed by atoms with Gasteiger partial charge in [-0.2, -0.15) is 0 Å². The Kier molecular flexibility index (Phi) is 2.86. The monoisotopic (exact) mass is 107 g/mol. The van der Waals surface area contributed by atoms with E-state index in [2.05, 4.69) is 10.7 Å². The number of aliphatic hydroxyl groups excluding tert-OH is 2. The zero-order chi connectivity index (χ0) is 5.86. The molecule has 0 saturated heterocycles. The third-order valence-corrected chi connectivity index (χ3v) is 0.552. The maximum atomic E-state index is 8.37. The van der Waals surface area contributed by atoms with Crippen molar-refractivity contribution < 1.29 is 15.1 Å². The van der Waals surface area contributed by atoms with E-state index in [1.807, 2.05) is 0 Å². The molecular weight excluding hydrogens is 98.0 g/mol. The van der Waals surface area contributed by atoms with Crippen molar-refractivity contribution in [2.45, 2.75) is 19.3 Å². The molecule has 0 bridgehead atoms. The average Bonchev–Trinajstić information content (AvgIpc) is 1.65. The Bertz CT molecular complexity index is 47.4. The first-order valence-corrected chi connectivity index (χ1v) is 1.90. The molecule has 0 aromatic carbocycles. The van der Waals surface area contributed by atoms with Gasteiger partial charge in [-0.3, -0.25) is 4.84 Å². The first kappa shape index (κ1) is 6.84. The Hall–Kier alpha value is -0.160. The second-order valence-electron chi connectivity index (χ2n) is 1.27. The van der Waals surface area contributed by atoms with Crippen molar-refractivity contribution >= 4 is 0 Å². The van der Waals surface area contributed by atoms with Gasteiger partial charge in [-0.1, -0.05) is 0 Å². The first-order valence-electron chi connectivity index (χ1n) is 1.90. The molecule has 7 heavy (non-hydrogen) atoms. The fourth-order valence-electron chi connectivity index (χ4n) is 0.114. The molecule has 0 rings (SSSR count). The largest absolute Gasteiger partial charge is 0.388 e. The summed E-state index contributed by atoms with van der Waals surface area (Å²) in [5.74, 6) is 4.46. The van der Waals surface area contributed by atoms with Crippen LogP contribution in [0.15, 0.2) is 0 Å². The van der Waals surface area contributed by atoms with E-state index in [4.69, 9.17) is 10.2 Å². The molecule has 0 radical (unpaired) electrons. The quantitative estimate of drug-likeness (QED) is 0.299. The number of nitrogens with two attached hydrogens (primary N) is 1. The molecule has 0 saturated carbocycles. The lowest BCUT2D eigenvalue weighted by Gasteiger charge is -2.08. The summed E-state index contributed by atoms with van der Waals surface area (Å²) >= 11 is 0. The maximum absolute atomic E-state index is 8.37. The predicted octanol–water partition coefficient (Wildman–Crippen LogP) is -1.42. The van der Waals surface area contributed by atoms with Crippen LogP contribution in [0.3, 0.4) is 0 Å². The van der Waals surface area contributed by atoms with E-state index in [-0.39, 0.29) is 0 Å². The van der Waals surface area contributed by atoms with E-state index in [0.717, 1.165) is 0 Å². The Labute approximate surface area is 41.5 Å². The first-order chi connectivity index (χ1) is 3.18. The van der Waals surface area contributed by atoms with E-state index in [1.54, 1.807) is 0 Å². The number of rotatable bonds is 2. The zero-order valence-electron chi connectivity index (χ0n) is 4.03. The average molecular weight is 107 g/mol. The minimum absolute atomic E-state index is 0.926. The molecule has 2 atom stereocenters. The van der Waals surface area contributed by atoms with Gasteiger partial charge >= 0.3 is 0 Å². The third-order valence-electron chi connectivity index (χ3n) is 0.552. The Morgan fingerprint density at radius 3 is 2.00 bits per heavy atom. The predicted molar refractivity (Wildman–Crippen MR) is 23.0 cm³/mol. The molecule has 44 valence electrons. The van der Waals surface area contributed by atoms with Gasteiger partial charge in [0.1, 0.15) is 6.10 Å². The van der Waals surface area contributed by atoms with Crippen LogP contribution in [-0.2, 0) is 4.84 Å². The lowest BCUT2D eigenvalue weighted by atomic mass is 10.4. The Morgan fingerprint density at radius 1 is 1.57 bits per heavy atom. The summed E-state index contributed by atoms with van der Waals surface area (Å²) in [5, 5.41) is 16.7. The molecule has 0 aliphatic carbocycles. The molecule has 0 spiro atoms. The van der Waals surface area contributed by atoms with Gasteiger partial charge in [-0.25, -0.2) is 5.90 Å². The minimum atomic E-state index is -1.26. The second-order valence-corrected chi connectivity index (χ2v) is 1.27. The highest BCUT2D eigenvalue weighted by Gasteiger charge is 2.07. The van der Waals surface area contributed by atoms with Gasteiger partial charge in [0.25, 0.3) is 0 Å². The standard InChI is InChI=1S/C3H9NO3/c1-2(5)3(6)7-4/h2-3,5-6H,4H2,1H3.